The number of carbonyl (C=O) groups excluding carboxylic acids is 3. The van der Waals surface area contributed by atoms with Gasteiger partial charge in [0.1, 0.15) is 5.75 Å². The summed E-state index contributed by atoms with van der Waals surface area (Å²) in [4.78, 5) is 38.5. The fourth-order valence-corrected chi connectivity index (χ4v) is 3.33. The van der Waals surface area contributed by atoms with Crippen molar-refractivity contribution in [1.29, 1.82) is 0 Å². The molecule has 7 heteroatoms. The van der Waals surface area contributed by atoms with E-state index >= 15 is 0 Å². The van der Waals surface area contributed by atoms with E-state index in [1.807, 2.05) is 45.0 Å². The number of amides is 2. The van der Waals surface area contributed by atoms with Gasteiger partial charge in [-0.25, -0.2) is 0 Å². The number of rotatable bonds is 7. The molecule has 0 spiro atoms. The molecule has 0 aromatic heterocycles. The van der Waals surface area contributed by atoms with Crippen LogP contribution in [0, 0.1) is 19.8 Å². The fourth-order valence-electron chi connectivity index (χ4n) is 3.33. The van der Waals surface area contributed by atoms with E-state index in [0.717, 1.165) is 11.1 Å². The molecule has 1 saturated heterocycles. The monoisotopic (exact) mass is 410 g/mol. The van der Waals surface area contributed by atoms with Crippen molar-refractivity contribution in [2.45, 2.75) is 27.2 Å². The summed E-state index contributed by atoms with van der Waals surface area (Å²) < 4.78 is 10.7. The molecular formula is C23H26N2O5. The largest absolute Gasteiger partial charge is 0.492 e. The lowest BCUT2D eigenvalue weighted by molar-refractivity contribution is -0.151. The molecule has 1 aliphatic rings. The first-order valence-electron chi connectivity index (χ1n) is 9.95. The van der Waals surface area contributed by atoms with Crippen molar-refractivity contribution in [3.8, 4) is 5.75 Å². The van der Waals surface area contributed by atoms with Crippen LogP contribution in [0.2, 0.25) is 0 Å². The molecule has 0 radical (unpaired) electrons. The first kappa shape index (κ1) is 21.4. The number of anilines is 2. The molecule has 2 aromatic rings. The van der Waals surface area contributed by atoms with Gasteiger partial charge in [0.25, 0.3) is 5.91 Å². The molecule has 30 heavy (non-hydrogen) atoms. The third-order valence-corrected chi connectivity index (χ3v) is 5.05. The van der Waals surface area contributed by atoms with Crippen LogP contribution in [-0.2, 0) is 19.1 Å². The summed E-state index contributed by atoms with van der Waals surface area (Å²) >= 11 is 0. The topological polar surface area (TPSA) is 84.9 Å². The van der Waals surface area contributed by atoms with Gasteiger partial charge in [-0.05, 0) is 56.2 Å². The number of carbonyl (C=O) groups is 3. The molecule has 7 nitrogen and oxygen atoms in total. The second-order valence-electron chi connectivity index (χ2n) is 7.26. The lowest BCUT2D eigenvalue weighted by atomic mass is 10.1. The number of benzene rings is 2. The van der Waals surface area contributed by atoms with Crippen molar-refractivity contribution in [1.82, 2.24) is 0 Å². The summed E-state index contributed by atoms with van der Waals surface area (Å²) in [5.41, 5.74) is 3.46. The van der Waals surface area contributed by atoms with E-state index < -0.39 is 24.4 Å². The highest BCUT2D eigenvalue weighted by molar-refractivity contribution is 6.01. The summed E-state index contributed by atoms with van der Waals surface area (Å²) in [6.07, 6.45) is 0.0398. The van der Waals surface area contributed by atoms with Crippen LogP contribution in [0.4, 0.5) is 11.4 Å². The highest BCUT2D eigenvalue weighted by atomic mass is 16.5. The van der Waals surface area contributed by atoms with Crippen LogP contribution in [0.15, 0.2) is 42.5 Å². The van der Waals surface area contributed by atoms with E-state index in [0.29, 0.717) is 23.7 Å². The molecule has 0 saturated carbocycles. The Kier molecular flexibility index (Phi) is 6.72. The average Bonchev–Trinajstić information content (AvgIpc) is 3.11. The zero-order valence-corrected chi connectivity index (χ0v) is 17.4. The van der Waals surface area contributed by atoms with Gasteiger partial charge in [-0.15, -0.1) is 0 Å². The fraction of sp³-hybridized carbons (Fsp3) is 0.348. The predicted octanol–water partition coefficient (Wildman–Crippen LogP) is 3.24. The molecule has 1 N–H and O–H groups in total. The standard InChI is InChI=1S/C23H26N2O5/c1-4-29-20-8-6-5-7-19(20)25-13-17(12-22(25)27)23(28)30-14-21(26)24-18-10-9-15(2)16(3)11-18/h5-11,17H,4,12-14H2,1-3H3,(H,24,26)/t17-/m0/s1. The Morgan fingerprint density at radius 1 is 1.13 bits per heavy atom. The number of nitrogens with zero attached hydrogens (tertiary/aromatic N) is 1. The highest BCUT2D eigenvalue weighted by Crippen LogP contribution is 2.33. The zero-order chi connectivity index (χ0) is 21.7. The van der Waals surface area contributed by atoms with Crippen LogP contribution in [0.25, 0.3) is 0 Å². The molecule has 1 fully saturated rings. The maximum absolute atomic E-state index is 12.5. The summed E-state index contributed by atoms with van der Waals surface area (Å²) in [6.45, 7) is 6.08. The first-order valence-corrected chi connectivity index (χ1v) is 9.95. The van der Waals surface area contributed by atoms with Crippen molar-refractivity contribution in [2.24, 2.45) is 5.92 Å². The predicted molar refractivity (Wildman–Crippen MR) is 114 cm³/mol. The molecule has 158 valence electrons. The molecule has 0 aliphatic carbocycles. The molecule has 0 bridgehead atoms. The van der Waals surface area contributed by atoms with E-state index in [1.54, 1.807) is 18.2 Å². The third-order valence-electron chi connectivity index (χ3n) is 5.05. The average molecular weight is 410 g/mol. The molecule has 2 amide bonds. The minimum atomic E-state index is -0.624. The van der Waals surface area contributed by atoms with Crippen LogP contribution in [-0.4, -0.2) is 37.5 Å². The third kappa shape index (κ3) is 4.97. The SMILES string of the molecule is CCOc1ccccc1N1C[C@@H](C(=O)OCC(=O)Nc2ccc(C)c(C)c2)CC1=O. The maximum Gasteiger partial charge on any atom is 0.311 e. The van der Waals surface area contributed by atoms with Gasteiger partial charge < -0.3 is 19.7 Å². The van der Waals surface area contributed by atoms with E-state index in [2.05, 4.69) is 5.32 Å². The minimum Gasteiger partial charge on any atom is -0.492 e. The maximum atomic E-state index is 12.5. The van der Waals surface area contributed by atoms with Gasteiger partial charge in [-0.1, -0.05) is 18.2 Å². The number of nitrogens with one attached hydrogen (secondary N) is 1. The van der Waals surface area contributed by atoms with Crippen LogP contribution in [0.5, 0.6) is 5.75 Å². The summed E-state index contributed by atoms with van der Waals surface area (Å²) in [5, 5.41) is 2.71. The highest BCUT2D eigenvalue weighted by Gasteiger charge is 2.37. The van der Waals surface area contributed by atoms with Crippen LogP contribution < -0.4 is 15.0 Å². The molecule has 3 rings (SSSR count). The summed E-state index contributed by atoms with van der Waals surface area (Å²) in [6, 6.07) is 12.8. The molecular weight excluding hydrogens is 384 g/mol. The van der Waals surface area contributed by atoms with Crippen molar-refractivity contribution >= 4 is 29.2 Å². The Morgan fingerprint density at radius 3 is 2.63 bits per heavy atom. The summed E-state index contributed by atoms with van der Waals surface area (Å²) in [7, 11) is 0. The Bertz CT molecular complexity index is 956. The second-order valence-corrected chi connectivity index (χ2v) is 7.26. The summed E-state index contributed by atoms with van der Waals surface area (Å²) in [5.74, 6) is -1.19. The zero-order valence-electron chi connectivity index (χ0n) is 17.4. The van der Waals surface area contributed by atoms with Crippen LogP contribution in [0.1, 0.15) is 24.5 Å². The molecule has 1 heterocycles. The smallest absolute Gasteiger partial charge is 0.311 e. The van der Waals surface area contributed by atoms with Crippen molar-refractivity contribution in [2.75, 3.05) is 30.0 Å². The number of aryl methyl sites for hydroxylation is 2. The lowest BCUT2D eigenvalue weighted by Gasteiger charge is -2.19. The van der Waals surface area contributed by atoms with Gasteiger partial charge in [0.05, 0.1) is 18.2 Å². The Hall–Kier alpha value is -3.35. The number of hydrogen-bond acceptors (Lipinski definition) is 5. The second kappa shape index (κ2) is 9.43. The van der Waals surface area contributed by atoms with E-state index in [1.165, 1.54) is 4.90 Å². The van der Waals surface area contributed by atoms with E-state index in [9.17, 15) is 14.4 Å². The van der Waals surface area contributed by atoms with Crippen molar-refractivity contribution in [3.05, 3.63) is 53.6 Å². The minimum absolute atomic E-state index is 0.0398. The normalized spacial score (nSPS) is 15.8. The molecule has 2 aromatic carbocycles. The van der Waals surface area contributed by atoms with Gasteiger partial charge in [0, 0.05) is 18.7 Å². The quantitative estimate of drug-likeness (QED) is 0.709. The number of ether oxygens (including phenoxy) is 2. The Morgan fingerprint density at radius 2 is 1.90 bits per heavy atom. The Labute approximate surface area is 176 Å². The lowest BCUT2D eigenvalue weighted by Crippen LogP contribution is -2.28. The molecule has 1 aliphatic heterocycles. The number of hydrogen-bond donors (Lipinski definition) is 1. The van der Waals surface area contributed by atoms with Crippen LogP contribution >= 0.6 is 0 Å². The van der Waals surface area contributed by atoms with Crippen LogP contribution in [0.3, 0.4) is 0 Å². The van der Waals surface area contributed by atoms with Crippen molar-refractivity contribution in [3.63, 3.8) is 0 Å². The van der Waals surface area contributed by atoms with E-state index in [-0.39, 0.29) is 18.9 Å². The Balaban J connectivity index is 1.56. The number of esters is 1. The number of para-hydroxylation sites is 2. The van der Waals surface area contributed by atoms with Crippen molar-refractivity contribution < 1.29 is 23.9 Å². The van der Waals surface area contributed by atoms with E-state index in [4.69, 9.17) is 9.47 Å². The van der Waals surface area contributed by atoms with Gasteiger partial charge in [0.15, 0.2) is 6.61 Å². The van der Waals surface area contributed by atoms with Gasteiger partial charge in [-0.3, -0.25) is 14.4 Å². The first-order chi connectivity index (χ1) is 14.4. The van der Waals surface area contributed by atoms with Gasteiger partial charge in [-0.2, -0.15) is 0 Å². The van der Waals surface area contributed by atoms with Gasteiger partial charge >= 0.3 is 5.97 Å². The molecule has 1 atom stereocenters. The van der Waals surface area contributed by atoms with Gasteiger partial charge in [0.2, 0.25) is 5.91 Å². The molecule has 0 unspecified atom stereocenters.